The molecule has 1 spiro atoms. The third-order valence-electron chi connectivity index (χ3n) is 5.16. The number of nitrogens with zero attached hydrogens (tertiary/aromatic N) is 2. The standard InChI is InChI=1S/C17H18N2O7/c1-16(2)25-14(20)17(15(21)26-16)8-10-7-11(19(22)23)3-4-12(10)18-5-6-24-9-13(17)18/h3-4,7,13H,5-6,8-9H2,1-2H3/t13-/m1/s1. The molecule has 138 valence electrons. The van der Waals surface area contributed by atoms with E-state index in [1.807, 2.05) is 4.90 Å². The summed E-state index contributed by atoms with van der Waals surface area (Å²) in [6.45, 7) is 4.04. The molecular weight excluding hydrogens is 344 g/mol. The Labute approximate surface area is 149 Å². The number of nitro benzene ring substituents is 1. The molecule has 3 aliphatic rings. The van der Waals surface area contributed by atoms with Gasteiger partial charge in [-0.3, -0.25) is 19.7 Å². The van der Waals surface area contributed by atoms with Gasteiger partial charge in [0.25, 0.3) is 11.5 Å². The molecule has 1 aromatic rings. The molecule has 3 aliphatic heterocycles. The lowest BCUT2D eigenvalue weighted by Crippen LogP contribution is -2.68. The Kier molecular flexibility index (Phi) is 3.49. The molecule has 0 radical (unpaired) electrons. The lowest BCUT2D eigenvalue weighted by Gasteiger charge is -2.52. The van der Waals surface area contributed by atoms with E-state index in [-0.39, 0.29) is 18.7 Å². The van der Waals surface area contributed by atoms with Gasteiger partial charge in [-0.15, -0.1) is 0 Å². The zero-order valence-electron chi connectivity index (χ0n) is 14.4. The van der Waals surface area contributed by atoms with E-state index in [0.717, 1.165) is 5.69 Å². The minimum atomic E-state index is -1.60. The van der Waals surface area contributed by atoms with Crippen LogP contribution in [0.1, 0.15) is 19.4 Å². The van der Waals surface area contributed by atoms with Crippen molar-refractivity contribution in [3.8, 4) is 0 Å². The Morgan fingerprint density at radius 3 is 2.58 bits per heavy atom. The number of non-ortho nitro benzene ring substituents is 1. The number of morpholine rings is 1. The molecule has 1 atom stereocenters. The van der Waals surface area contributed by atoms with Crippen molar-refractivity contribution in [1.29, 1.82) is 0 Å². The molecule has 0 unspecified atom stereocenters. The summed E-state index contributed by atoms with van der Waals surface area (Å²) in [6.07, 6.45) is -0.0255. The van der Waals surface area contributed by atoms with Gasteiger partial charge in [0, 0.05) is 44.6 Å². The highest BCUT2D eigenvalue weighted by Crippen LogP contribution is 2.48. The summed E-state index contributed by atoms with van der Waals surface area (Å²) >= 11 is 0. The smallest absolute Gasteiger partial charge is 0.329 e. The van der Waals surface area contributed by atoms with Crippen molar-refractivity contribution in [2.45, 2.75) is 32.1 Å². The number of esters is 2. The fourth-order valence-corrected chi connectivity index (χ4v) is 3.97. The number of hydrogen-bond donors (Lipinski definition) is 0. The van der Waals surface area contributed by atoms with Crippen LogP contribution >= 0.6 is 0 Å². The number of rotatable bonds is 1. The number of hydrogen-bond acceptors (Lipinski definition) is 8. The number of cyclic esters (lactones) is 2. The van der Waals surface area contributed by atoms with Crippen LogP contribution in [0.3, 0.4) is 0 Å². The topological polar surface area (TPSA) is 108 Å². The Morgan fingerprint density at radius 1 is 1.23 bits per heavy atom. The molecule has 1 aromatic carbocycles. The van der Waals surface area contributed by atoms with Crippen LogP contribution in [0.2, 0.25) is 0 Å². The van der Waals surface area contributed by atoms with Crippen LogP contribution in [0.25, 0.3) is 0 Å². The summed E-state index contributed by atoms with van der Waals surface area (Å²) < 4.78 is 16.3. The Bertz CT molecular complexity index is 799. The predicted molar refractivity (Wildman–Crippen MR) is 87.4 cm³/mol. The zero-order chi connectivity index (χ0) is 18.7. The SMILES string of the molecule is CC1(C)OC(=O)C2(Cc3cc([N+](=O)[O-])ccc3N3CCOC[C@@H]32)C(=O)O1. The first-order valence-electron chi connectivity index (χ1n) is 8.33. The largest absolute Gasteiger partial charge is 0.422 e. The number of ether oxygens (including phenoxy) is 3. The van der Waals surface area contributed by atoms with Gasteiger partial charge in [0.15, 0.2) is 5.41 Å². The van der Waals surface area contributed by atoms with Crippen molar-refractivity contribution in [3.05, 3.63) is 33.9 Å². The minimum absolute atomic E-state index is 0.0255. The summed E-state index contributed by atoms with van der Waals surface area (Å²) in [5.41, 5.74) is -0.382. The first-order chi connectivity index (χ1) is 12.2. The minimum Gasteiger partial charge on any atom is -0.422 e. The van der Waals surface area contributed by atoms with E-state index in [9.17, 15) is 19.7 Å². The molecular formula is C17H18N2O7. The van der Waals surface area contributed by atoms with E-state index in [1.165, 1.54) is 26.0 Å². The van der Waals surface area contributed by atoms with Crippen LogP contribution in [-0.2, 0) is 30.2 Å². The molecule has 0 amide bonds. The van der Waals surface area contributed by atoms with Crippen molar-refractivity contribution in [3.63, 3.8) is 0 Å². The normalized spacial score (nSPS) is 25.8. The zero-order valence-corrected chi connectivity index (χ0v) is 14.4. The predicted octanol–water partition coefficient (Wildman–Crippen LogP) is 1.18. The van der Waals surface area contributed by atoms with Gasteiger partial charge < -0.3 is 19.1 Å². The van der Waals surface area contributed by atoms with Gasteiger partial charge in [0.1, 0.15) is 0 Å². The number of nitro groups is 1. The molecule has 26 heavy (non-hydrogen) atoms. The summed E-state index contributed by atoms with van der Waals surface area (Å²) in [5.74, 6) is -2.71. The second-order valence-electron chi connectivity index (χ2n) is 7.18. The van der Waals surface area contributed by atoms with Crippen molar-refractivity contribution in [2.75, 3.05) is 24.7 Å². The van der Waals surface area contributed by atoms with Crippen molar-refractivity contribution >= 4 is 23.3 Å². The molecule has 0 N–H and O–H groups in total. The number of fused-ring (bicyclic) bond motifs is 4. The molecule has 2 saturated heterocycles. The molecule has 0 aromatic heterocycles. The second kappa shape index (κ2) is 5.41. The highest BCUT2D eigenvalue weighted by Gasteiger charge is 2.64. The van der Waals surface area contributed by atoms with E-state index in [2.05, 4.69) is 0 Å². The second-order valence-corrected chi connectivity index (χ2v) is 7.18. The Hall–Kier alpha value is -2.68. The monoisotopic (exact) mass is 362 g/mol. The van der Waals surface area contributed by atoms with E-state index in [4.69, 9.17) is 14.2 Å². The Morgan fingerprint density at radius 2 is 1.92 bits per heavy atom. The van der Waals surface area contributed by atoms with Crippen molar-refractivity contribution in [1.82, 2.24) is 0 Å². The summed E-state index contributed by atoms with van der Waals surface area (Å²) in [6, 6.07) is 3.90. The van der Waals surface area contributed by atoms with Gasteiger partial charge >= 0.3 is 11.9 Å². The average molecular weight is 362 g/mol. The number of anilines is 1. The van der Waals surface area contributed by atoms with E-state index in [1.54, 1.807) is 6.07 Å². The van der Waals surface area contributed by atoms with Crippen LogP contribution in [0.5, 0.6) is 0 Å². The summed E-state index contributed by atoms with van der Waals surface area (Å²) in [5, 5.41) is 11.1. The van der Waals surface area contributed by atoms with E-state index < -0.39 is 34.1 Å². The third-order valence-corrected chi connectivity index (χ3v) is 5.16. The van der Waals surface area contributed by atoms with Gasteiger partial charge in [-0.25, -0.2) is 0 Å². The molecule has 4 rings (SSSR count). The van der Waals surface area contributed by atoms with E-state index in [0.29, 0.717) is 18.7 Å². The highest BCUT2D eigenvalue weighted by molar-refractivity contribution is 6.04. The van der Waals surface area contributed by atoms with Crippen molar-refractivity contribution < 1.29 is 28.7 Å². The van der Waals surface area contributed by atoms with Gasteiger partial charge in [-0.1, -0.05) is 0 Å². The fourth-order valence-electron chi connectivity index (χ4n) is 3.97. The third kappa shape index (κ3) is 2.27. The van der Waals surface area contributed by atoms with Crippen LogP contribution in [0.15, 0.2) is 18.2 Å². The number of carbonyl (C=O) groups is 2. The highest BCUT2D eigenvalue weighted by atomic mass is 16.7. The number of benzene rings is 1. The first kappa shape index (κ1) is 16.8. The molecule has 9 nitrogen and oxygen atoms in total. The van der Waals surface area contributed by atoms with Gasteiger partial charge in [0.2, 0.25) is 0 Å². The molecule has 9 heteroatoms. The van der Waals surface area contributed by atoms with Crippen LogP contribution in [-0.4, -0.2) is 48.4 Å². The van der Waals surface area contributed by atoms with Gasteiger partial charge in [0.05, 0.1) is 24.2 Å². The lowest BCUT2D eigenvalue weighted by atomic mass is 9.70. The molecule has 2 fully saturated rings. The van der Waals surface area contributed by atoms with Gasteiger partial charge in [-0.05, 0) is 11.6 Å². The molecule has 0 aliphatic carbocycles. The van der Waals surface area contributed by atoms with Crippen LogP contribution in [0.4, 0.5) is 11.4 Å². The van der Waals surface area contributed by atoms with Gasteiger partial charge in [-0.2, -0.15) is 0 Å². The molecule has 0 saturated carbocycles. The van der Waals surface area contributed by atoms with E-state index >= 15 is 0 Å². The Balaban J connectivity index is 1.86. The first-order valence-corrected chi connectivity index (χ1v) is 8.33. The average Bonchev–Trinajstić information content (AvgIpc) is 2.58. The van der Waals surface area contributed by atoms with Crippen LogP contribution < -0.4 is 4.90 Å². The molecule has 3 heterocycles. The maximum atomic E-state index is 12.9. The lowest BCUT2D eigenvalue weighted by molar-refractivity contribution is -0.384. The quantitative estimate of drug-likeness (QED) is 0.317. The number of carbonyl (C=O) groups excluding carboxylic acids is 2. The summed E-state index contributed by atoms with van der Waals surface area (Å²) in [4.78, 5) is 38.4. The fraction of sp³-hybridized carbons (Fsp3) is 0.529. The summed E-state index contributed by atoms with van der Waals surface area (Å²) in [7, 11) is 0. The maximum Gasteiger partial charge on any atom is 0.329 e. The maximum absolute atomic E-state index is 12.9. The van der Waals surface area contributed by atoms with Crippen molar-refractivity contribution in [2.24, 2.45) is 5.41 Å². The van der Waals surface area contributed by atoms with Crippen LogP contribution in [0, 0.1) is 15.5 Å². The molecule has 0 bridgehead atoms.